The third kappa shape index (κ3) is 5.08. The van der Waals surface area contributed by atoms with E-state index in [0.717, 1.165) is 5.56 Å². The van der Waals surface area contributed by atoms with Crippen LogP contribution in [-0.2, 0) is 4.79 Å². The van der Waals surface area contributed by atoms with Crippen molar-refractivity contribution in [3.05, 3.63) is 66.0 Å². The first kappa shape index (κ1) is 17.5. The minimum absolute atomic E-state index is 0.0107. The number of carbonyl (C=O) groups is 1. The lowest BCUT2D eigenvalue weighted by atomic mass is 10.1. The summed E-state index contributed by atoms with van der Waals surface area (Å²) in [6, 6.07) is 15.7. The zero-order valence-corrected chi connectivity index (χ0v) is 13.7. The minimum Gasteiger partial charge on any atom is -0.396 e. The fourth-order valence-electron chi connectivity index (χ4n) is 2.00. The smallest absolute Gasteiger partial charge is 0.238 e. The van der Waals surface area contributed by atoms with Crippen molar-refractivity contribution in [3.8, 4) is 0 Å². The van der Waals surface area contributed by atoms with E-state index in [-0.39, 0.29) is 24.2 Å². The van der Waals surface area contributed by atoms with E-state index in [2.05, 4.69) is 5.32 Å². The van der Waals surface area contributed by atoms with E-state index in [9.17, 15) is 9.18 Å². The van der Waals surface area contributed by atoms with Crippen LogP contribution in [0.15, 0.2) is 59.5 Å². The normalized spacial score (nSPS) is 13.3. The molecular formula is C18H20FNO2S. The van der Waals surface area contributed by atoms with E-state index in [4.69, 9.17) is 5.11 Å². The molecule has 2 rings (SSSR count). The number of carbonyl (C=O) groups excluding carboxylic acids is 1. The molecule has 0 radical (unpaired) electrons. The summed E-state index contributed by atoms with van der Waals surface area (Å²) in [6.45, 7) is 2.25. The number of aliphatic hydroxyl groups is 1. The van der Waals surface area contributed by atoms with E-state index in [1.165, 1.54) is 17.8 Å². The molecule has 5 heteroatoms. The highest BCUT2D eigenvalue weighted by molar-refractivity contribution is 8.00. The van der Waals surface area contributed by atoms with Crippen molar-refractivity contribution in [2.75, 3.05) is 13.2 Å². The molecule has 0 bridgehead atoms. The second kappa shape index (κ2) is 8.70. The first-order valence-corrected chi connectivity index (χ1v) is 8.34. The Kier molecular flexibility index (Phi) is 6.62. The molecule has 23 heavy (non-hydrogen) atoms. The maximum atomic E-state index is 13.9. The molecule has 0 heterocycles. The maximum absolute atomic E-state index is 13.9. The molecule has 2 unspecified atom stereocenters. The van der Waals surface area contributed by atoms with Crippen LogP contribution in [0.2, 0.25) is 0 Å². The standard InChI is InChI=1S/C18H20FNO2S/c1-13(12-21)11-20-18(22)17(14-7-3-2-4-8-14)23-16-10-6-5-9-15(16)19/h2-10,13,17,21H,11-12H2,1H3,(H,20,22). The summed E-state index contributed by atoms with van der Waals surface area (Å²) in [7, 11) is 0. The van der Waals surface area contributed by atoms with Crippen molar-refractivity contribution in [2.45, 2.75) is 17.1 Å². The van der Waals surface area contributed by atoms with Crippen LogP contribution in [0, 0.1) is 11.7 Å². The summed E-state index contributed by atoms with van der Waals surface area (Å²) in [6.07, 6.45) is 0. The number of thioether (sulfide) groups is 1. The first-order chi connectivity index (χ1) is 11.1. The molecule has 0 aliphatic carbocycles. The Hall–Kier alpha value is -1.85. The molecule has 0 saturated heterocycles. The van der Waals surface area contributed by atoms with E-state index in [1.807, 2.05) is 37.3 Å². The van der Waals surface area contributed by atoms with Crippen LogP contribution in [0.3, 0.4) is 0 Å². The second-order valence-electron chi connectivity index (χ2n) is 5.37. The van der Waals surface area contributed by atoms with Gasteiger partial charge in [-0.1, -0.05) is 49.4 Å². The molecule has 0 spiro atoms. The molecular weight excluding hydrogens is 313 g/mol. The highest BCUT2D eigenvalue weighted by Crippen LogP contribution is 2.36. The van der Waals surface area contributed by atoms with Crippen LogP contribution in [0.4, 0.5) is 4.39 Å². The van der Waals surface area contributed by atoms with Crippen molar-refractivity contribution in [3.63, 3.8) is 0 Å². The third-order valence-electron chi connectivity index (χ3n) is 3.36. The van der Waals surface area contributed by atoms with Gasteiger partial charge in [-0.25, -0.2) is 4.39 Å². The van der Waals surface area contributed by atoms with Gasteiger partial charge < -0.3 is 10.4 Å². The topological polar surface area (TPSA) is 49.3 Å². The molecule has 2 N–H and O–H groups in total. The molecule has 122 valence electrons. The molecule has 0 fully saturated rings. The van der Waals surface area contributed by atoms with Gasteiger partial charge in [0.05, 0.1) is 0 Å². The fraction of sp³-hybridized carbons (Fsp3) is 0.278. The largest absolute Gasteiger partial charge is 0.396 e. The number of rotatable bonds is 7. The average molecular weight is 333 g/mol. The van der Waals surface area contributed by atoms with Crippen LogP contribution in [0.5, 0.6) is 0 Å². The minimum atomic E-state index is -0.543. The monoisotopic (exact) mass is 333 g/mol. The summed E-state index contributed by atoms with van der Waals surface area (Å²) in [5.41, 5.74) is 0.815. The second-order valence-corrected chi connectivity index (χ2v) is 6.52. The maximum Gasteiger partial charge on any atom is 0.238 e. The number of hydrogen-bond acceptors (Lipinski definition) is 3. The molecule has 2 aromatic rings. The lowest BCUT2D eigenvalue weighted by molar-refractivity contribution is -0.120. The van der Waals surface area contributed by atoms with E-state index in [0.29, 0.717) is 11.4 Å². The van der Waals surface area contributed by atoms with E-state index in [1.54, 1.807) is 18.2 Å². The van der Waals surface area contributed by atoms with Crippen LogP contribution < -0.4 is 5.32 Å². The van der Waals surface area contributed by atoms with Crippen molar-refractivity contribution in [1.82, 2.24) is 5.32 Å². The average Bonchev–Trinajstić information content (AvgIpc) is 2.59. The zero-order valence-electron chi connectivity index (χ0n) is 12.9. The van der Waals surface area contributed by atoms with Gasteiger partial charge in [-0.3, -0.25) is 4.79 Å². The quantitative estimate of drug-likeness (QED) is 0.764. The van der Waals surface area contributed by atoms with Gasteiger partial charge in [0.1, 0.15) is 11.1 Å². The molecule has 2 atom stereocenters. The number of aliphatic hydroxyl groups excluding tert-OH is 1. The number of halogens is 1. The Labute approximate surface area is 139 Å². The number of nitrogens with one attached hydrogen (secondary N) is 1. The summed E-state index contributed by atoms with van der Waals surface area (Å²) >= 11 is 1.19. The highest BCUT2D eigenvalue weighted by atomic mass is 32.2. The molecule has 2 aromatic carbocycles. The van der Waals surface area contributed by atoms with Gasteiger partial charge in [-0.2, -0.15) is 0 Å². The van der Waals surface area contributed by atoms with Gasteiger partial charge in [0, 0.05) is 18.0 Å². The summed E-state index contributed by atoms with van der Waals surface area (Å²) in [5, 5.41) is 11.4. The van der Waals surface area contributed by atoms with Gasteiger partial charge in [0.25, 0.3) is 0 Å². The number of amides is 1. The lowest BCUT2D eigenvalue weighted by Crippen LogP contribution is -2.32. The van der Waals surface area contributed by atoms with Crippen LogP contribution in [0.1, 0.15) is 17.7 Å². The van der Waals surface area contributed by atoms with Gasteiger partial charge in [0.2, 0.25) is 5.91 Å². The Morgan fingerprint density at radius 2 is 1.83 bits per heavy atom. The number of hydrogen-bond donors (Lipinski definition) is 2. The Morgan fingerprint density at radius 1 is 1.17 bits per heavy atom. The Morgan fingerprint density at radius 3 is 2.48 bits per heavy atom. The molecule has 1 amide bonds. The third-order valence-corrected chi connectivity index (χ3v) is 4.67. The predicted molar refractivity (Wildman–Crippen MR) is 90.7 cm³/mol. The Balaban J connectivity index is 2.19. The molecule has 0 saturated carbocycles. The van der Waals surface area contributed by atoms with Crippen LogP contribution in [0.25, 0.3) is 0 Å². The molecule has 3 nitrogen and oxygen atoms in total. The van der Waals surface area contributed by atoms with Gasteiger partial charge in [0.15, 0.2) is 0 Å². The molecule has 0 aromatic heterocycles. The molecule has 0 aliphatic heterocycles. The molecule has 0 aliphatic rings. The van der Waals surface area contributed by atoms with Gasteiger partial charge in [-0.05, 0) is 23.6 Å². The summed E-state index contributed by atoms with van der Waals surface area (Å²) in [5.74, 6) is -0.548. The first-order valence-electron chi connectivity index (χ1n) is 7.46. The number of benzene rings is 2. The Bertz CT molecular complexity index is 636. The SMILES string of the molecule is CC(CO)CNC(=O)C(Sc1ccccc1F)c1ccccc1. The summed E-state index contributed by atoms with van der Waals surface area (Å²) in [4.78, 5) is 13.0. The van der Waals surface area contributed by atoms with Crippen LogP contribution in [-0.4, -0.2) is 24.2 Å². The van der Waals surface area contributed by atoms with E-state index >= 15 is 0 Å². The van der Waals surface area contributed by atoms with Gasteiger partial charge in [-0.15, -0.1) is 11.8 Å². The lowest BCUT2D eigenvalue weighted by Gasteiger charge is -2.18. The van der Waals surface area contributed by atoms with Crippen molar-refractivity contribution in [1.29, 1.82) is 0 Å². The predicted octanol–water partition coefficient (Wildman–Crippen LogP) is 3.40. The van der Waals surface area contributed by atoms with Crippen molar-refractivity contribution in [2.24, 2.45) is 5.92 Å². The summed E-state index contributed by atoms with van der Waals surface area (Å²) < 4.78 is 13.9. The van der Waals surface area contributed by atoms with Crippen molar-refractivity contribution < 1.29 is 14.3 Å². The van der Waals surface area contributed by atoms with Gasteiger partial charge >= 0.3 is 0 Å². The van der Waals surface area contributed by atoms with Crippen LogP contribution >= 0.6 is 11.8 Å². The van der Waals surface area contributed by atoms with Crippen molar-refractivity contribution >= 4 is 17.7 Å². The zero-order chi connectivity index (χ0) is 16.7. The fourth-order valence-corrected chi connectivity index (χ4v) is 3.08. The van der Waals surface area contributed by atoms with E-state index < -0.39 is 5.25 Å². The highest BCUT2D eigenvalue weighted by Gasteiger charge is 2.23.